The van der Waals surface area contributed by atoms with E-state index in [1.165, 1.54) is 12.1 Å². The Morgan fingerprint density at radius 2 is 2.00 bits per heavy atom. The second-order valence-electron chi connectivity index (χ2n) is 6.50. The lowest BCUT2D eigenvalue weighted by Gasteiger charge is -2.29. The van der Waals surface area contributed by atoms with Crippen LogP contribution in [0.3, 0.4) is 0 Å². The number of morpholine rings is 1. The number of aliphatic imine (C=N–C) groups is 1. The molecule has 5 nitrogen and oxygen atoms in total. The molecule has 1 aromatic rings. The van der Waals surface area contributed by atoms with Gasteiger partial charge in [-0.05, 0) is 18.9 Å². The molecule has 7 heteroatoms. The van der Waals surface area contributed by atoms with Crippen molar-refractivity contribution >= 4 is 5.96 Å². The van der Waals surface area contributed by atoms with E-state index in [1.807, 2.05) is 6.92 Å². The molecule has 0 bridgehead atoms. The third kappa shape index (κ3) is 6.25. The number of guanidine groups is 1. The summed E-state index contributed by atoms with van der Waals surface area (Å²) in [5.74, 6) is -0.0939. The molecular formula is C18H28F2N4O. The van der Waals surface area contributed by atoms with Crippen LogP contribution >= 0.6 is 0 Å². The maximum atomic E-state index is 13.9. The van der Waals surface area contributed by atoms with Crippen LogP contribution in [0.25, 0.3) is 0 Å². The Kier molecular flexibility index (Phi) is 7.58. The number of hydrogen-bond donors (Lipinski definition) is 2. The van der Waals surface area contributed by atoms with Crippen molar-refractivity contribution < 1.29 is 13.5 Å². The van der Waals surface area contributed by atoms with Crippen molar-refractivity contribution in [2.75, 3.05) is 46.4 Å². The number of nitrogens with zero attached hydrogens (tertiary/aromatic N) is 2. The molecule has 1 aliphatic heterocycles. The summed E-state index contributed by atoms with van der Waals surface area (Å²) in [4.78, 5) is 6.58. The van der Waals surface area contributed by atoms with Crippen molar-refractivity contribution in [2.24, 2.45) is 10.9 Å². The summed E-state index contributed by atoms with van der Waals surface area (Å²) >= 11 is 0. The standard InChI is InChI=1S/C18H28F2N4O/c1-13(12-24-6-8-25-9-7-24)11-22-18(21-3)23-14(2)16-5-4-15(19)10-17(16)20/h4-5,10,13-14H,6-9,11-12H2,1-3H3,(H2,21,22,23). The van der Waals surface area contributed by atoms with Crippen LogP contribution in [0.5, 0.6) is 0 Å². The Morgan fingerprint density at radius 3 is 2.64 bits per heavy atom. The van der Waals surface area contributed by atoms with Crippen molar-refractivity contribution in [3.63, 3.8) is 0 Å². The number of rotatable bonds is 6. The van der Waals surface area contributed by atoms with E-state index in [0.717, 1.165) is 45.5 Å². The van der Waals surface area contributed by atoms with E-state index in [4.69, 9.17) is 4.74 Å². The molecular weight excluding hydrogens is 326 g/mol. The van der Waals surface area contributed by atoms with Gasteiger partial charge in [0.1, 0.15) is 11.6 Å². The minimum atomic E-state index is -0.576. The second-order valence-corrected chi connectivity index (χ2v) is 6.50. The van der Waals surface area contributed by atoms with E-state index in [2.05, 4.69) is 27.4 Å². The van der Waals surface area contributed by atoms with Crippen molar-refractivity contribution in [1.29, 1.82) is 0 Å². The van der Waals surface area contributed by atoms with E-state index < -0.39 is 11.6 Å². The van der Waals surface area contributed by atoms with Crippen LogP contribution in [-0.2, 0) is 4.74 Å². The van der Waals surface area contributed by atoms with Gasteiger partial charge in [-0.15, -0.1) is 0 Å². The molecule has 0 spiro atoms. The van der Waals surface area contributed by atoms with E-state index in [-0.39, 0.29) is 6.04 Å². The van der Waals surface area contributed by atoms with Gasteiger partial charge in [0, 0.05) is 44.9 Å². The molecule has 25 heavy (non-hydrogen) atoms. The first-order valence-electron chi connectivity index (χ1n) is 8.71. The van der Waals surface area contributed by atoms with Crippen molar-refractivity contribution in [3.05, 3.63) is 35.4 Å². The van der Waals surface area contributed by atoms with Crippen LogP contribution in [0.4, 0.5) is 8.78 Å². The number of nitrogens with one attached hydrogen (secondary N) is 2. The van der Waals surface area contributed by atoms with Crippen LogP contribution in [0.2, 0.25) is 0 Å². The highest BCUT2D eigenvalue weighted by Gasteiger charge is 2.16. The van der Waals surface area contributed by atoms with Gasteiger partial charge in [0.2, 0.25) is 0 Å². The molecule has 0 radical (unpaired) electrons. The Hall–Kier alpha value is -1.73. The molecule has 2 unspecified atom stereocenters. The van der Waals surface area contributed by atoms with E-state index in [1.54, 1.807) is 7.05 Å². The maximum absolute atomic E-state index is 13.9. The Bertz CT molecular complexity index is 576. The fraction of sp³-hybridized carbons (Fsp3) is 0.611. The predicted octanol–water partition coefficient (Wildman–Crippen LogP) is 2.16. The average Bonchev–Trinajstić information content (AvgIpc) is 2.59. The number of halogens is 2. The SMILES string of the molecule is CN=C(NCC(C)CN1CCOCC1)NC(C)c1ccc(F)cc1F. The van der Waals surface area contributed by atoms with Gasteiger partial charge in [0.15, 0.2) is 5.96 Å². The highest BCUT2D eigenvalue weighted by Crippen LogP contribution is 2.17. The molecule has 1 aliphatic rings. The topological polar surface area (TPSA) is 48.9 Å². The lowest BCUT2D eigenvalue weighted by Crippen LogP contribution is -2.44. The normalized spacial score (nSPS) is 18.7. The van der Waals surface area contributed by atoms with Crippen LogP contribution in [0, 0.1) is 17.6 Å². The van der Waals surface area contributed by atoms with Crippen molar-refractivity contribution in [3.8, 4) is 0 Å². The Balaban J connectivity index is 1.81. The first kappa shape index (κ1) is 19.6. The molecule has 0 aromatic heterocycles. The fourth-order valence-corrected chi connectivity index (χ4v) is 2.89. The van der Waals surface area contributed by atoms with Crippen LogP contribution in [-0.4, -0.2) is 57.3 Å². The summed E-state index contributed by atoms with van der Waals surface area (Å²) in [6.45, 7) is 9.29. The molecule has 0 amide bonds. The minimum Gasteiger partial charge on any atom is -0.379 e. The van der Waals surface area contributed by atoms with E-state index >= 15 is 0 Å². The Morgan fingerprint density at radius 1 is 1.28 bits per heavy atom. The van der Waals surface area contributed by atoms with Gasteiger partial charge in [-0.1, -0.05) is 13.0 Å². The van der Waals surface area contributed by atoms with Gasteiger partial charge < -0.3 is 15.4 Å². The monoisotopic (exact) mass is 354 g/mol. The molecule has 1 saturated heterocycles. The summed E-state index contributed by atoms with van der Waals surface area (Å²) < 4.78 is 32.3. The summed E-state index contributed by atoms with van der Waals surface area (Å²) in [5.41, 5.74) is 0.408. The number of ether oxygens (including phenoxy) is 1. The first-order chi connectivity index (χ1) is 12.0. The number of benzene rings is 1. The van der Waals surface area contributed by atoms with Gasteiger partial charge in [0.05, 0.1) is 19.3 Å². The lowest BCUT2D eigenvalue weighted by molar-refractivity contribution is 0.0320. The minimum absolute atomic E-state index is 0.318. The van der Waals surface area contributed by atoms with Gasteiger partial charge >= 0.3 is 0 Å². The molecule has 0 saturated carbocycles. The molecule has 2 atom stereocenters. The van der Waals surface area contributed by atoms with Crippen LogP contribution in [0.1, 0.15) is 25.5 Å². The summed E-state index contributed by atoms with van der Waals surface area (Å²) in [7, 11) is 1.68. The quantitative estimate of drug-likeness (QED) is 0.607. The maximum Gasteiger partial charge on any atom is 0.191 e. The molecule has 1 fully saturated rings. The zero-order valence-electron chi connectivity index (χ0n) is 15.2. The fourth-order valence-electron chi connectivity index (χ4n) is 2.89. The summed E-state index contributed by atoms with van der Waals surface area (Å²) in [6, 6.07) is 3.29. The molecule has 140 valence electrons. The first-order valence-corrected chi connectivity index (χ1v) is 8.71. The van der Waals surface area contributed by atoms with E-state index in [9.17, 15) is 8.78 Å². The lowest BCUT2D eigenvalue weighted by atomic mass is 10.1. The van der Waals surface area contributed by atoms with Gasteiger partial charge in [0.25, 0.3) is 0 Å². The summed E-state index contributed by atoms with van der Waals surface area (Å²) in [6.07, 6.45) is 0. The third-order valence-electron chi connectivity index (χ3n) is 4.30. The van der Waals surface area contributed by atoms with E-state index in [0.29, 0.717) is 17.4 Å². The predicted molar refractivity (Wildman–Crippen MR) is 95.7 cm³/mol. The average molecular weight is 354 g/mol. The smallest absolute Gasteiger partial charge is 0.191 e. The van der Waals surface area contributed by atoms with Crippen molar-refractivity contribution in [2.45, 2.75) is 19.9 Å². The van der Waals surface area contributed by atoms with Crippen molar-refractivity contribution in [1.82, 2.24) is 15.5 Å². The molecule has 2 N–H and O–H groups in total. The largest absolute Gasteiger partial charge is 0.379 e. The Labute approximate surface area is 148 Å². The van der Waals surface area contributed by atoms with Crippen LogP contribution < -0.4 is 10.6 Å². The van der Waals surface area contributed by atoms with Gasteiger partial charge in [-0.25, -0.2) is 8.78 Å². The zero-order chi connectivity index (χ0) is 18.2. The second kappa shape index (κ2) is 9.68. The highest BCUT2D eigenvalue weighted by atomic mass is 19.1. The highest BCUT2D eigenvalue weighted by molar-refractivity contribution is 5.80. The van der Waals surface area contributed by atoms with Crippen LogP contribution in [0.15, 0.2) is 23.2 Å². The third-order valence-corrected chi connectivity index (χ3v) is 4.30. The molecule has 0 aliphatic carbocycles. The number of hydrogen-bond acceptors (Lipinski definition) is 3. The molecule has 1 heterocycles. The molecule has 1 aromatic carbocycles. The molecule has 2 rings (SSSR count). The van der Waals surface area contributed by atoms with Gasteiger partial charge in [-0.2, -0.15) is 0 Å². The zero-order valence-corrected chi connectivity index (χ0v) is 15.2. The summed E-state index contributed by atoms with van der Waals surface area (Å²) in [5, 5.41) is 6.42. The van der Waals surface area contributed by atoms with Gasteiger partial charge in [-0.3, -0.25) is 9.89 Å².